The first-order valence-electron chi connectivity index (χ1n) is 7.00. The van der Waals surface area contributed by atoms with Crippen molar-refractivity contribution in [2.75, 3.05) is 24.2 Å². The highest BCUT2D eigenvalue weighted by Gasteiger charge is 2.02. The Hall–Kier alpha value is -1.82. The van der Waals surface area contributed by atoms with Gasteiger partial charge < -0.3 is 16.0 Å². The normalized spacial score (nSPS) is 9.26. The number of rotatable bonds is 7. The molecule has 7 heteroatoms. The van der Waals surface area contributed by atoms with Gasteiger partial charge in [0.25, 0.3) is 0 Å². The molecule has 0 saturated carbocycles. The third-order valence-electron chi connectivity index (χ3n) is 2.92. The molecule has 5 nitrogen and oxygen atoms in total. The van der Waals surface area contributed by atoms with Crippen LogP contribution in [0, 0.1) is 0 Å². The predicted molar refractivity (Wildman–Crippen MR) is 100 cm³/mol. The second kappa shape index (κ2) is 11.7. The van der Waals surface area contributed by atoms with Crippen molar-refractivity contribution in [1.29, 1.82) is 0 Å². The Morgan fingerprint density at radius 3 is 2.39 bits per heavy atom. The molecule has 0 radical (unpaired) electrons. The van der Waals surface area contributed by atoms with Crippen LogP contribution in [0.2, 0.25) is 0 Å². The summed E-state index contributed by atoms with van der Waals surface area (Å²) in [6.07, 6.45) is 2.98. The maximum absolute atomic E-state index is 11.7. The van der Waals surface area contributed by atoms with Crippen LogP contribution in [0.25, 0.3) is 0 Å². The first kappa shape index (κ1) is 21.2. The van der Waals surface area contributed by atoms with Crippen molar-refractivity contribution < 1.29 is 4.79 Å². The van der Waals surface area contributed by atoms with Crippen LogP contribution in [-0.4, -0.2) is 24.5 Å². The summed E-state index contributed by atoms with van der Waals surface area (Å²) in [5, 5.41) is 9.05. The number of benzene rings is 1. The zero-order valence-electron chi connectivity index (χ0n) is 12.9. The van der Waals surface area contributed by atoms with Gasteiger partial charge in [0.1, 0.15) is 5.82 Å². The van der Waals surface area contributed by atoms with Gasteiger partial charge in [-0.05, 0) is 44.3 Å². The van der Waals surface area contributed by atoms with Crippen molar-refractivity contribution in [3.8, 4) is 0 Å². The maximum Gasteiger partial charge on any atom is 0.224 e. The van der Waals surface area contributed by atoms with Crippen LogP contribution in [0.5, 0.6) is 0 Å². The number of anilines is 3. The number of carbonyl (C=O) groups is 1. The zero-order valence-corrected chi connectivity index (χ0v) is 14.5. The molecule has 2 aromatic rings. The van der Waals surface area contributed by atoms with Crippen molar-refractivity contribution >= 4 is 47.9 Å². The largest absolute Gasteiger partial charge is 0.340 e. The number of nitrogens with one attached hydrogen (secondary N) is 3. The van der Waals surface area contributed by atoms with E-state index in [1.165, 1.54) is 0 Å². The molecule has 1 aromatic carbocycles. The van der Waals surface area contributed by atoms with Gasteiger partial charge in [0.15, 0.2) is 0 Å². The van der Waals surface area contributed by atoms with E-state index in [4.69, 9.17) is 0 Å². The number of amides is 1. The van der Waals surface area contributed by atoms with Gasteiger partial charge in [-0.2, -0.15) is 0 Å². The van der Waals surface area contributed by atoms with E-state index < -0.39 is 0 Å². The highest BCUT2D eigenvalue weighted by molar-refractivity contribution is 5.90. The van der Waals surface area contributed by atoms with Gasteiger partial charge in [-0.3, -0.25) is 4.79 Å². The standard InChI is InChI=1S/C16H20N4O.2ClH/c1-17-11-5-8-16(21)20-14-9-10-15(18-12-14)19-13-6-3-2-4-7-13;;/h2-4,6-7,9-10,12,17H,5,8,11H2,1H3,(H,18,19)(H,20,21);2*1H. The third-order valence-corrected chi connectivity index (χ3v) is 2.92. The molecule has 0 aliphatic rings. The highest BCUT2D eigenvalue weighted by Crippen LogP contribution is 2.15. The summed E-state index contributed by atoms with van der Waals surface area (Å²) < 4.78 is 0. The van der Waals surface area contributed by atoms with Gasteiger partial charge in [-0.25, -0.2) is 4.98 Å². The van der Waals surface area contributed by atoms with Crippen molar-refractivity contribution in [2.45, 2.75) is 12.8 Å². The monoisotopic (exact) mass is 356 g/mol. The summed E-state index contributed by atoms with van der Waals surface area (Å²) in [5.74, 6) is 0.755. The Morgan fingerprint density at radius 2 is 1.78 bits per heavy atom. The fraction of sp³-hybridized carbons (Fsp3) is 0.250. The summed E-state index contributed by atoms with van der Waals surface area (Å²) in [6, 6.07) is 13.5. The van der Waals surface area contributed by atoms with Crippen molar-refractivity contribution in [1.82, 2.24) is 10.3 Å². The van der Waals surface area contributed by atoms with Gasteiger partial charge in [-0.15, -0.1) is 24.8 Å². The average Bonchev–Trinajstić information content (AvgIpc) is 2.51. The van der Waals surface area contributed by atoms with Crippen LogP contribution in [-0.2, 0) is 4.79 Å². The molecule has 0 spiro atoms. The fourth-order valence-corrected chi connectivity index (χ4v) is 1.86. The Morgan fingerprint density at radius 1 is 1.04 bits per heavy atom. The molecule has 2 rings (SSSR count). The minimum absolute atomic E-state index is 0. The molecule has 3 N–H and O–H groups in total. The topological polar surface area (TPSA) is 66.1 Å². The number of carbonyl (C=O) groups excluding carboxylic acids is 1. The molecule has 1 heterocycles. The fourth-order valence-electron chi connectivity index (χ4n) is 1.86. The van der Waals surface area contributed by atoms with E-state index in [9.17, 15) is 4.79 Å². The van der Waals surface area contributed by atoms with Gasteiger partial charge in [0, 0.05) is 12.1 Å². The first-order chi connectivity index (χ1) is 10.3. The van der Waals surface area contributed by atoms with E-state index >= 15 is 0 Å². The van der Waals surface area contributed by atoms with E-state index in [1.54, 1.807) is 6.20 Å². The summed E-state index contributed by atoms with van der Waals surface area (Å²) in [4.78, 5) is 16.0. The van der Waals surface area contributed by atoms with Crippen LogP contribution < -0.4 is 16.0 Å². The lowest BCUT2D eigenvalue weighted by atomic mass is 10.3. The lowest BCUT2D eigenvalue weighted by Gasteiger charge is -2.07. The Labute approximate surface area is 149 Å². The summed E-state index contributed by atoms with van der Waals surface area (Å²) in [6.45, 7) is 0.839. The van der Waals surface area contributed by atoms with Crippen molar-refractivity contribution in [3.63, 3.8) is 0 Å². The molecule has 126 valence electrons. The number of pyridine rings is 1. The lowest BCUT2D eigenvalue weighted by Crippen LogP contribution is -2.15. The molecule has 1 amide bonds. The number of aromatic nitrogens is 1. The molecule has 23 heavy (non-hydrogen) atoms. The first-order valence-corrected chi connectivity index (χ1v) is 7.00. The van der Waals surface area contributed by atoms with E-state index in [0.717, 1.165) is 24.5 Å². The second-order valence-corrected chi connectivity index (χ2v) is 4.68. The number of halogens is 2. The maximum atomic E-state index is 11.7. The van der Waals surface area contributed by atoms with Gasteiger partial charge in [0.2, 0.25) is 5.91 Å². The quantitative estimate of drug-likeness (QED) is 0.663. The minimum atomic E-state index is 0. The van der Waals surface area contributed by atoms with E-state index in [-0.39, 0.29) is 30.7 Å². The number of hydrogen-bond acceptors (Lipinski definition) is 4. The SMILES string of the molecule is CNCCCC(=O)Nc1ccc(Nc2ccccc2)nc1.Cl.Cl. The van der Waals surface area contributed by atoms with E-state index in [0.29, 0.717) is 12.1 Å². The minimum Gasteiger partial charge on any atom is -0.340 e. The highest BCUT2D eigenvalue weighted by atomic mass is 35.5. The molecular formula is C16H22Cl2N4O. The zero-order chi connectivity index (χ0) is 14.9. The summed E-state index contributed by atoms with van der Waals surface area (Å²) in [7, 11) is 1.88. The smallest absolute Gasteiger partial charge is 0.224 e. The Balaban J connectivity index is 0.00000242. The predicted octanol–water partition coefficient (Wildman–Crippen LogP) is 3.61. The van der Waals surface area contributed by atoms with Crippen molar-refractivity contribution in [2.24, 2.45) is 0 Å². The molecule has 0 aliphatic carbocycles. The van der Waals surface area contributed by atoms with E-state index in [2.05, 4.69) is 20.9 Å². The van der Waals surface area contributed by atoms with Crippen LogP contribution in [0.15, 0.2) is 48.7 Å². The van der Waals surface area contributed by atoms with Crippen LogP contribution in [0.1, 0.15) is 12.8 Å². The molecular weight excluding hydrogens is 335 g/mol. The molecule has 0 atom stereocenters. The average molecular weight is 357 g/mol. The van der Waals surface area contributed by atoms with Gasteiger partial charge in [-0.1, -0.05) is 18.2 Å². The third kappa shape index (κ3) is 7.83. The molecule has 0 bridgehead atoms. The van der Waals surface area contributed by atoms with Crippen LogP contribution in [0.4, 0.5) is 17.2 Å². The van der Waals surface area contributed by atoms with E-state index in [1.807, 2.05) is 49.5 Å². The Kier molecular flexibility index (Phi) is 10.8. The molecule has 0 aliphatic heterocycles. The second-order valence-electron chi connectivity index (χ2n) is 4.68. The van der Waals surface area contributed by atoms with Crippen LogP contribution in [0.3, 0.4) is 0 Å². The summed E-state index contributed by atoms with van der Waals surface area (Å²) >= 11 is 0. The molecule has 0 saturated heterocycles. The van der Waals surface area contributed by atoms with Gasteiger partial charge in [0.05, 0.1) is 11.9 Å². The molecule has 0 unspecified atom stereocenters. The van der Waals surface area contributed by atoms with Gasteiger partial charge >= 0.3 is 0 Å². The van der Waals surface area contributed by atoms with Crippen molar-refractivity contribution in [3.05, 3.63) is 48.7 Å². The number of hydrogen-bond donors (Lipinski definition) is 3. The molecule has 0 fully saturated rings. The number of para-hydroxylation sites is 1. The lowest BCUT2D eigenvalue weighted by molar-refractivity contribution is -0.116. The molecule has 1 aromatic heterocycles. The number of nitrogens with zero attached hydrogens (tertiary/aromatic N) is 1. The Bertz CT molecular complexity index is 564. The van der Waals surface area contributed by atoms with Crippen LogP contribution >= 0.6 is 24.8 Å². The summed E-state index contributed by atoms with van der Waals surface area (Å²) in [5.41, 5.74) is 1.69.